The minimum Gasteiger partial charge on any atom is -0.462 e. The van der Waals surface area contributed by atoms with Gasteiger partial charge in [-0.15, -0.1) is 0 Å². The summed E-state index contributed by atoms with van der Waals surface area (Å²) >= 11 is 0. The fourth-order valence-corrected chi connectivity index (χ4v) is 6.85. The van der Waals surface area contributed by atoms with Gasteiger partial charge in [0.05, 0.1) is 0 Å². The van der Waals surface area contributed by atoms with Crippen LogP contribution in [0.2, 0.25) is 0 Å². The van der Waals surface area contributed by atoms with Crippen LogP contribution in [0.15, 0.2) is 36.5 Å². The number of rotatable bonds is 44. The van der Waals surface area contributed by atoms with Crippen molar-refractivity contribution in [2.75, 3.05) is 13.2 Å². The molecular weight excluding hydrogens is 709 g/mol. The van der Waals surface area contributed by atoms with Crippen molar-refractivity contribution in [2.45, 2.75) is 258 Å². The van der Waals surface area contributed by atoms with Gasteiger partial charge in [0.2, 0.25) is 0 Å². The van der Waals surface area contributed by atoms with E-state index in [0.717, 1.165) is 70.6 Å². The monoisotopic (exact) mass is 801 g/mol. The molecule has 0 bridgehead atoms. The Morgan fingerprint density at radius 3 is 0.982 bits per heavy atom. The molecule has 0 rings (SSSR count). The molecule has 6 heteroatoms. The minimum absolute atomic E-state index is 0.0899. The molecule has 0 aromatic heterocycles. The summed E-state index contributed by atoms with van der Waals surface area (Å²) in [6.45, 7) is 6.56. The van der Waals surface area contributed by atoms with Crippen LogP contribution >= 0.6 is 0 Å². The van der Waals surface area contributed by atoms with Crippen molar-refractivity contribution in [2.24, 2.45) is 0 Å². The molecule has 0 radical (unpaired) electrons. The summed E-state index contributed by atoms with van der Waals surface area (Å²) in [5, 5.41) is 0. The van der Waals surface area contributed by atoms with Crippen molar-refractivity contribution in [3.8, 4) is 0 Å². The maximum absolute atomic E-state index is 12.7. The molecule has 332 valence electrons. The summed E-state index contributed by atoms with van der Waals surface area (Å²) in [7, 11) is 0. The van der Waals surface area contributed by atoms with E-state index in [0.29, 0.717) is 25.7 Å². The fraction of sp³-hybridized carbons (Fsp3) is 0.824. The number of hydrogen-bond donors (Lipinski definition) is 0. The molecule has 0 saturated carbocycles. The van der Waals surface area contributed by atoms with Crippen LogP contribution in [0.25, 0.3) is 0 Å². The second kappa shape index (κ2) is 46.3. The van der Waals surface area contributed by atoms with E-state index in [-0.39, 0.29) is 31.1 Å². The van der Waals surface area contributed by atoms with Crippen LogP contribution in [0.4, 0.5) is 0 Å². The van der Waals surface area contributed by atoms with Gasteiger partial charge in [-0.3, -0.25) is 14.4 Å². The standard InChI is InChI=1S/C51H92O6/c1-4-7-10-13-16-19-21-23-25-26-28-29-32-35-38-41-44-50(53)56-47-48(46-55-49(52)43-40-37-34-31-18-15-12-9-6-3)57-51(54)45-42-39-36-33-30-27-24-22-20-17-14-11-8-5-2/h25-27,30-31,34,48H,4-24,28-29,32-33,35-47H2,1-3H3/b26-25-,30-27-,34-31-. The minimum atomic E-state index is -0.790. The van der Waals surface area contributed by atoms with Gasteiger partial charge in [0, 0.05) is 19.3 Å². The molecule has 0 saturated heterocycles. The van der Waals surface area contributed by atoms with Gasteiger partial charge < -0.3 is 14.2 Å². The molecule has 0 aromatic rings. The number of carbonyl (C=O) groups is 3. The fourth-order valence-electron chi connectivity index (χ4n) is 6.85. The largest absolute Gasteiger partial charge is 0.462 e. The highest BCUT2D eigenvalue weighted by Gasteiger charge is 2.19. The number of esters is 3. The highest BCUT2D eigenvalue weighted by Crippen LogP contribution is 2.13. The molecule has 1 unspecified atom stereocenters. The Bertz CT molecular complexity index is 969. The first-order chi connectivity index (χ1) is 28.0. The molecule has 1 atom stereocenters. The first-order valence-corrected chi connectivity index (χ1v) is 24.5. The van der Waals surface area contributed by atoms with E-state index >= 15 is 0 Å². The maximum atomic E-state index is 12.7. The predicted octanol–water partition coefficient (Wildman–Crippen LogP) is 15.8. The average Bonchev–Trinajstić information content (AvgIpc) is 3.21. The highest BCUT2D eigenvalue weighted by molar-refractivity contribution is 5.71. The van der Waals surface area contributed by atoms with Crippen molar-refractivity contribution in [1.82, 2.24) is 0 Å². The molecule has 0 amide bonds. The number of hydrogen-bond acceptors (Lipinski definition) is 6. The van der Waals surface area contributed by atoms with Gasteiger partial charge in [-0.1, -0.05) is 179 Å². The zero-order chi connectivity index (χ0) is 41.5. The van der Waals surface area contributed by atoms with Crippen LogP contribution in [0.1, 0.15) is 252 Å². The van der Waals surface area contributed by atoms with Crippen LogP contribution in [-0.2, 0) is 28.6 Å². The molecule has 0 aliphatic carbocycles. The zero-order valence-electron chi connectivity index (χ0n) is 37.9. The Kier molecular flexibility index (Phi) is 44.4. The lowest BCUT2D eigenvalue weighted by Crippen LogP contribution is -2.30. The molecule has 0 aromatic carbocycles. The van der Waals surface area contributed by atoms with E-state index in [1.54, 1.807) is 0 Å². The second-order valence-electron chi connectivity index (χ2n) is 16.4. The Morgan fingerprint density at radius 2 is 0.596 bits per heavy atom. The number of unbranched alkanes of at least 4 members (excludes halogenated alkanes) is 27. The normalized spacial score (nSPS) is 12.3. The third kappa shape index (κ3) is 44.6. The summed E-state index contributed by atoms with van der Waals surface area (Å²) < 4.78 is 16.7. The molecule has 0 aliphatic heterocycles. The quantitative estimate of drug-likeness (QED) is 0.0264. The average molecular weight is 801 g/mol. The van der Waals surface area contributed by atoms with E-state index < -0.39 is 6.10 Å². The van der Waals surface area contributed by atoms with Gasteiger partial charge >= 0.3 is 17.9 Å². The predicted molar refractivity (Wildman–Crippen MR) is 242 cm³/mol. The van der Waals surface area contributed by atoms with Gasteiger partial charge in [0.15, 0.2) is 6.10 Å². The Hall–Kier alpha value is -2.37. The number of ether oxygens (including phenoxy) is 3. The second-order valence-corrected chi connectivity index (χ2v) is 16.4. The van der Waals surface area contributed by atoms with Gasteiger partial charge in [0.1, 0.15) is 13.2 Å². The van der Waals surface area contributed by atoms with E-state index in [1.807, 2.05) is 0 Å². The summed E-state index contributed by atoms with van der Waals surface area (Å²) in [5.41, 5.74) is 0. The first-order valence-electron chi connectivity index (χ1n) is 24.5. The Labute approximate surface area is 353 Å². The van der Waals surface area contributed by atoms with Crippen molar-refractivity contribution >= 4 is 17.9 Å². The van der Waals surface area contributed by atoms with Crippen molar-refractivity contribution in [1.29, 1.82) is 0 Å². The van der Waals surface area contributed by atoms with Gasteiger partial charge in [-0.2, -0.15) is 0 Å². The Morgan fingerprint density at radius 1 is 0.333 bits per heavy atom. The van der Waals surface area contributed by atoms with Crippen LogP contribution in [0.3, 0.4) is 0 Å². The van der Waals surface area contributed by atoms with Gasteiger partial charge in [-0.05, 0) is 89.9 Å². The SMILES string of the molecule is CCCCCC/C=C\CCCC(=O)OCC(COC(=O)CCCCCCC/C=C\CCCCCCCCC)OC(=O)CCCCC/C=C\CCCCCCCCC. The first kappa shape index (κ1) is 54.6. The molecule has 6 nitrogen and oxygen atoms in total. The van der Waals surface area contributed by atoms with E-state index in [2.05, 4.69) is 57.2 Å². The van der Waals surface area contributed by atoms with E-state index in [1.165, 1.54) is 135 Å². The number of carbonyl (C=O) groups excluding carboxylic acids is 3. The third-order valence-electron chi connectivity index (χ3n) is 10.6. The molecule has 0 N–H and O–H groups in total. The smallest absolute Gasteiger partial charge is 0.306 e. The van der Waals surface area contributed by atoms with Crippen LogP contribution < -0.4 is 0 Å². The van der Waals surface area contributed by atoms with Crippen molar-refractivity contribution in [3.05, 3.63) is 36.5 Å². The van der Waals surface area contributed by atoms with E-state index in [9.17, 15) is 14.4 Å². The van der Waals surface area contributed by atoms with Gasteiger partial charge in [0.25, 0.3) is 0 Å². The molecule has 57 heavy (non-hydrogen) atoms. The van der Waals surface area contributed by atoms with E-state index in [4.69, 9.17) is 14.2 Å². The lowest BCUT2D eigenvalue weighted by atomic mass is 10.1. The molecule has 0 fully saturated rings. The molecule has 0 heterocycles. The van der Waals surface area contributed by atoms with Crippen molar-refractivity contribution < 1.29 is 28.6 Å². The van der Waals surface area contributed by atoms with Gasteiger partial charge in [-0.25, -0.2) is 0 Å². The third-order valence-corrected chi connectivity index (χ3v) is 10.6. The zero-order valence-corrected chi connectivity index (χ0v) is 37.9. The lowest BCUT2D eigenvalue weighted by Gasteiger charge is -2.18. The van der Waals surface area contributed by atoms with Crippen LogP contribution in [0.5, 0.6) is 0 Å². The van der Waals surface area contributed by atoms with Crippen LogP contribution in [-0.4, -0.2) is 37.2 Å². The molecular formula is C51H92O6. The highest BCUT2D eigenvalue weighted by atomic mass is 16.6. The summed E-state index contributed by atoms with van der Waals surface area (Å²) in [4.78, 5) is 37.7. The molecule has 0 spiro atoms. The maximum Gasteiger partial charge on any atom is 0.306 e. The lowest BCUT2D eigenvalue weighted by molar-refractivity contribution is -0.167. The summed E-state index contributed by atoms with van der Waals surface area (Å²) in [5.74, 6) is -0.946. The van der Waals surface area contributed by atoms with Crippen molar-refractivity contribution in [3.63, 3.8) is 0 Å². The summed E-state index contributed by atoms with van der Waals surface area (Å²) in [6, 6.07) is 0. The van der Waals surface area contributed by atoms with Crippen LogP contribution in [0, 0.1) is 0 Å². The molecule has 0 aliphatic rings. The number of allylic oxidation sites excluding steroid dienone is 6. The Balaban J connectivity index is 4.37. The summed E-state index contributed by atoms with van der Waals surface area (Å²) in [6.07, 6.45) is 52.8. The topological polar surface area (TPSA) is 78.9 Å².